The fourth-order valence-corrected chi connectivity index (χ4v) is 2.27. The number of hydrogen-bond acceptors (Lipinski definition) is 1. The summed E-state index contributed by atoms with van der Waals surface area (Å²) in [5.41, 5.74) is 4.91. The van der Waals surface area contributed by atoms with Gasteiger partial charge < -0.3 is 0 Å². The number of rotatable bonds is 3. The van der Waals surface area contributed by atoms with Crippen LogP contribution >= 0.6 is 0 Å². The number of benzene rings is 2. The molecule has 0 aromatic heterocycles. The molecule has 90 valence electrons. The minimum Gasteiger partial charge on any atom is -0.261 e. The number of nitrogens with zero attached hydrogens (tertiary/aromatic N) is 1. The molecular formula is C16H14FN. The van der Waals surface area contributed by atoms with Crippen molar-refractivity contribution in [2.75, 3.05) is 0 Å². The van der Waals surface area contributed by atoms with E-state index in [1.807, 2.05) is 18.3 Å². The zero-order valence-electron chi connectivity index (χ0n) is 10.1. The second kappa shape index (κ2) is 4.73. The Labute approximate surface area is 106 Å². The van der Waals surface area contributed by atoms with Crippen molar-refractivity contribution < 1.29 is 4.39 Å². The Hall–Kier alpha value is -1.96. The van der Waals surface area contributed by atoms with E-state index >= 15 is 0 Å². The maximum Gasteiger partial charge on any atom is 0.123 e. The van der Waals surface area contributed by atoms with Gasteiger partial charge in [0, 0.05) is 12.6 Å². The van der Waals surface area contributed by atoms with Gasteiger partial charge in [-0.3, -0.25) is 4.99 Å². The first kappa shape index (κ1) is 11.1. The lowest BCUT2D eigenvalue weighted by atomic mass is 10.0. The molecule has 0 amide bonds. The Balaban J connectivity index is 1.68. The molecule has 0 N–H and O–H groups in total. The number of aliphatic imine (C=N–C) groups is 1. The fourth-order valence-electron chi connectivity index (χ4n) is 2.27. The summed E-state index contributed by atoms with van der Waals surface area (Å²) in [7, 11) is 0. The molecule has 0 bridgehead atoms. The van der Waals surface area contributed by atoms with Crippen LogP contribution in [0.1, 0.15) is 16.7 Å². The summed E-state index contributed by atoms with van der Waals surface area (Å²) in [4.78, 5) is 4.30. The van der Waals surface area contributed by atoms with E-state index in [1.54, 1.807) is 0 Å². The Morgan fingerprint density at radius 2 is 1.67 bits per heavy atom. The Kier molecular flexibility index (Phi) is 2.93. The lowest BCUT2D eigenvalue weighted by Gasteiger charge is -2.04. The van der Waals surface area contributed by atoms with E-state index in [9.17, 15) is 4.39 Å². The normalized spacial score (nSPS) is 12.7. The van der Waals surface area contributed by atoms with Crippen molar-refractivity contribution >= 4 is 11.9 Å². The third-order valence-corrected chi connectivity index (χ3v) is 3.30. The molecule has 0 atom stereocenters. The van der Waals surface area contributed by atoms with E-state index in [0.717, 1.165) is 24.9 Å². The van der Waals surface area contributed by atoms with Crippen molar-refractivity contribution in [1.29, 1.82) is 0 Å². The van der Waals surface area contributed by atoms with Crippen LogP contribution in [0.2, 0.25) is 0 Å². The SMILES string of the molecule is Fc1ccc(CCc2ccc3c(c2)CC=N3)cc1. The van der Waals surface area contributed by atoms with Crippen LogP contribution in [0, 0.1) is 5.82 Å². The van der Waals surface area contributed by atoms with E-state index in [4.69, 9.17) is 0 Å². The van der Waals surface area contributed by atoms with Crippen LogP contribution in [-0.2, 0) is 19.3 Å². The summed E-state index contributed by atoms with van der Waals surface area (Å²) in [6.07, 6.45) is 4.83. The molecule has 0 saturated heterocycles. The fraction of sp³-hybridized carbons (Fsp3) is 0.188. The van der Waals surface area contributed by atoms with Gasteiger partial charge in [0.05, 0.1) is 5.69 Å². The topological polar surface area (TPSA) is 12.4 Å². The summed E-state index contributed by atoms with van der Waals surface area (Å²) < 4.78 is 12.8. The van der Waals surface area contributed by atoms with E-state index in [2.05, 4.69) is 23.2 Å². The number of halogens is 1. The highest BCUT2D eigenvalue weighted by atomic mass is 19.1. The quantitative estimate of drug-likeness (QED) is 0.771. The standard InChI is InChI=1S/C16H14FN/c17-15-6-3-12(4-7-15)1-2-13-5-8-16-14(11-13)9-10-18-16/h3-8,10-11H,1-2,9H2. The van der Waals surface area contributed by atoms with Gasteiger partial charge in [-0.25, -0.2) is 4.39 Å². The van der Waals surface area contributed by atoms with Gasteiger partial charge in [-0.15, -0.1) is 0 Å². The van der Waals surface area contributed by atoms with Crippen LogP contribution < -0.4 is 0 Å². The zero-order chi connectivity index (χ0) is 12.4. The summed E-state index contributed by atoms with van der Waals surface area (Å²) >= 11 is 0. The van der Waals surface area contributed by atoms with Crippen molar-refractivity contribution in [3.8, 4) is 0 Å². The molecule has 18 heavy (non-hydrogen) atoms. The minimum absolute atomic E-state index is 0.173. The van der Waals surface area contributed by atoms with Gasteiger partial charge in [0.2, 0.25) is 0 Å². The van der Waals surface area contributed by atoms with E-state index in [1.165, 1.54) is 28.8 Å². The molecular weight excluding hydrogens is 225 g/mol. The zero-order valence-corrected chi connectivity index (χ0v) is 10.1. The molecule has 1 aliphatic heterocycles. The number of aryl methyl sites for hydroxylation is 2. The van der Waals surface area contributed by atoms with Crippen molar-refractivity contribution in [2.24, 2.45) is 4.99 Å². The minimum atomic E-state index is -0.173. The highest BCUT2D eigenvalue weighted by molar-refractivity contribution is 5.75. The molecule has 2 aromatic rings. The summed E-state index contributed by atoms with van der Waals surface area (Å²) in [6, 6.07) is 13.2. The van der Waals surface area contributed by atoms with Crippen LogP contribution in [-0.4, -0.2) is 6.21 Å². The van der Waals surface area contributed by atoms with Crippen molar-refractivity contribution in [3.05, 3.63) is 65.0 Å². The first-order chi connectivity index (χ1) is 8.81. The third kappa shape index (κ3) is 2.33. The third-order valence-electron chi connectivity index (χ3n) is 3.30. The maximum absolute atomic E-state index is 12.8. The van der Waals surface area contributed by atoms with Crippen LogP contribution in [0.4, 0.5) is 10.1 Å². The molecule has 2 aromatic carbocycles. The van der Waals surface area contributed by atoms with Gasteiger partial charge in [0.15, 0.2) is 0 Å². The average Bonchev–Trinajstić information content (AvgIpc) is 2.85. The van der Waals surface area contributed by atoms with Gasteiger partial charge in [-0.1, -0.05) is 24.3 Å². The average molecular weight is 239 g/mol. The smallest absolute Gasteiger partial charge is 0.123 e. The number of hydrogen-bond donors (Lipinski definition) is 0. The second-order valence-corrected chi connectivity index (χ2v) is 4.61. The van der Waals surface area contributed by atoms with Crippen LogP contribution in [0.3, 0.4) is 0 Å². The predicted molar refractivity (Wildman–Crippen MR) is 72.1 cm³/mol. The van der Waals surface area contributed by atoms with Crippen molar-refractivity contribution in [3.63, 3.8) is 0 Å². The van der Waals surface area contributed by atoms with Gasteiger partial charge in [0.25, 0.3) is 0 Å². The molecule has 0 saturated carbocycles. The summed E-state index contributed by atoms with van der Waals surface area (Å²) in [6.45, 7) is 0. The van der Waals surface area contributed by atoms with Gasteiger partial charge >= 0.3 is 0 Å². The van der Waals surface area contributed by atoms with Crippen LogP contribution in [0.5, 0.6) is 0 Å². The van der Waals surface area contributed by atoms with Gasteiger partial charge in [-0.05, 0) is 47.7 Å². The molecule has 1 aliphatic rings. The first-order valence-electron chi connectivity index (χ1n) is 6.20. The molecule has 1 heterocycles. The monoisotopic (exact) mass is 239 g/mol. The van der Waals surface area contributed by atoms with Crippen molar-refractivity contribution in [2.45, 2.75) is 19.3 Å². The number of fused-ring (bicyclic) bond motifs is 1. The molecule has 0 fully saturated rings. The largest absolute Gasteiger partial charge is 0.261 e. The second-order valence-electron chi connectivity index (χ2n) is 4.61. The van der Waals surface area contributed by atoms with Crippen LogP contribution in [0.25, 0.3) is 0 Å². The molecule has 0 aliphatic carbocycles. The maximum atomic E-state index is 12.8. The Morgan fingerprint density at radius 1 is 0.944 bits per heavy atom. The van der Waals surface area contributed by atoms with Crippen molar-refractivity contribution in [1.82, 2.24) is 0 Å². The lowest BCUT2D eigenvalue weighted by molar-refractivity contribution is 0.627. The Bertz CT molecular complexity index is 585. The predicted octanol–water partition coefficient (Wildman–Crippen LogP) is 3.87. The first-order valence-corrected chi connectivity index (χ1v) is 6.20. The highest BCUT2D eigenvalue weighted by Gasteiger charge is 2.06. The molecule has 3 rings (SSSR count). The molecule has 0 radical (unpaired) electrons. The Morgan fingerprint density at radius 3 is 2.50 bits per heavy atom. The van der Waals surface area contributed by atoms with E-state index in [-0.39, 0.29) is 5.82 Å². The highest BCUT2D eigenvalue weighted by Crippen LogP contribution is 2.25. The molecule has 2 heteroatoms. The molecule has 1 nitrogen and oxygen atoms in total. The van der Waals surface area contributed by atoms with Gasteiger partial charge in [0.1, 0.15) is 5.82 Å². The van der Waals surface area contributed by atoms with E-state index in [0.29, 0.717) is 0 Å². The van der Waals surface area contributed by atoms with Crippen LogP contribution in [0.15, 0.2) is 47.5 Å². The summed E-state index contributed by atoms with van der Waals surface area (Å²) in [5.74, 6) is -0.173. The summed E-state index contributed by atoms with van der Waals surface area (Å²) in [5, 5.41) is 0. The lowest BCUT2D eigenvalue weighted by Crippen LogP contribution is -1.92. The van der Waals surface area contributed by atoms with E-state index < -0.39 is 0 Å². The molecule has 0 spiro atoms. The molecule has 0 unspecified atom stereocenters. The van der Waals surface area contributed by atoms with Gasteiger partial charge in [-0.2, -0.15) is 0 Å².